The normalized spacial score (nSPS) is 38.4. The molecule has 0 radical (unpaired) electrons. The predicted octanol–water partition coefficient (Wildman–Crippen LogP) is -0.260. The molecule has 3 rings (SSSR count). The summed E-state index contributed by atoms with van der Waals surface area (Å²) in [6.07, 6.45) is 2.93. The lowest BCUT2D eigenvalue weighted by Gasteiger charge is -2.61. The zero-order chi connectivity index (χ0) is 8.06. The molecule has 2 N–H and O–H groups in total. The summed E-state index contributed by atoms with van der Waals surface area (Å²) in [7, 11) is 0. The monoisotopic (exact) mass is 155 g/mol. The van der Waals surface area contributed by atoms with E-state index in [1.807, 2.05) is 0 Å². The second-order valence-electron chi connectivity index (χ2n) is 3.52. The molecule has 0 unspecified atom stereocenters. The molecule has 0 heterocycles. The zero-order valence-electron chi connectivity index (χ0n) is 5.96. The van der Waals surface area contributed by atoms with Gasteiger partial charge in [0, 0.05) is 5.54 Å². The Balaban J connectivity index is 1.90. The lowest BCUT2D eigenvalue weighted by molar-refractivity contribution is -0.155. The average Bonchev–Trinajstić information content (AvgIpc) is 1.74. The lowest BCUT2D eigenvalue weighted by atomic mass is 9.50. The molecule has 0 saturated heterocycles. The number of carboxylic acids is 1. The first-order valence-corrected chi connectivity index (χ1v) is 3.67. The van der Waals surface area contributed by atoms with E-state index in [0.717, 1.165) is 25.2 Å². The van der Waals surface area contributed by atoms with Crippen molar-refractivity contribution < 1.29 is 14.7 Å². The minimum absolute atomic E-state index is 0.111. The Morgan fingerprint density at radius 3 is 2.18 bits per heavy atom. The largest absolute Gasteiger partial charge is 0.474 e. The first-order valence-electron chi connectivity index (χ1n) is 3.67. The molecule has 4 heteroatoms. The fourth-order valence-electron chi connectivity index (χ4n) is 1.93. The van der Waals surface area contributed by atoms with Crippen LogP contribution in [0, 0.1) is 5.92 Å². The summed E-state index contributed by atoms with van der Waals surface area (Å²) >= 11 is 0. The van der Waals surface area contributed by atoms with Gasteiger partial charge in [0.25, 0.3) is 0 Å². The summed E-state index contributed by atoms with van der Waals surface area (Å²) in [5.74, 6) is -1.48. The van der Waals surface area contributed by atoms with E-state index in [1.54, 1.807) is 0 Å². The highest BCUT2D eigenvalue weighted by atomic mass is 16.4. The highest BCUT2D eigenvalue weighted by Gasteiger charge is 2.57. The molecule has 0 aromatic heterocycles. The van der Waals surface area contributed by atoms with Crippen LogP contribution in [0.25, 0.3) is 0 Å². The molecule has 1 amide bonds. The van der Waals surface area contributed by atoms with E-state index in [9.17, 15) is 9.59 Å². The van der Waals surface area contributed by atoms with E-state index in [-0.39, 0.29) is 5.54 Å². The van der Waals surface area contributed by atoms with Gasteiger partial charge in [-0.15, -0.1) is 0 Å². The summed E-state index contributed by atoms with van der Waals surface area (Å²) in [6.45, 7) is 0. The molecule has 3 aliphatic rings. The molecule has 0 aromatic carbocycles. The highest BCUT2D eigenvalue weighted by molar-refractivity contribution is 6.31. The molecule has 0 atom stereocenters. The molecule has 3 fully saturated rings. The van der Waals surface area contributed by atoms with E-state index in [4.69, 9.17) is 5.11 Å². The van der Waals surface area contributed by atoms with E-state index in [0.29, 0.717) is 0 Å². The minimum Gasteiger partial charge on any atom is -0.474 e. The molecule has 11 heavy (non-hydrogen) atoms. The number of amides is 1. The van der Waals surface area contributed by atoms with Gasteiger partial charge >= 0.3 is 11.9 Å². The summed E-state index contributed by atoms with van der Waals surface area (Å²) in [5, 5.41) is 10.8. The minimum atomic E-state index is -1.38. The third kappa shape index (κ3) is 0.818. The van der Waals surface area contributed by atoms with Crippen molar-refractivity contribution in [1.29, 1.82) is 0 Å². The van der Waals surface area contributed by atoms with Crippen molar-refractivity contribution >= 4 is 11.9 Å². The fourth-order valence-corrected chi connectivity index (χ4v) is 1.93. The molecule has 4 nitrogen and oxygen atoms in total. The molecule has 0 spiro atoms. The third-order valence-electron chi connectivity index (χ3n) is 2.61. The molecule has 0 aliphatic heterocycles. The fraction of sp³-hybridized carbons (Fsp3) is 0.714. The van der Waals surface area contributed by atoms with Crippen molar-refractivity contribution in [1.82, 2.24) is 5.32 Å². The van der Waals surface area contributed by atoms with Crippen LogP contribution in [0.2, 0.25) is 0 Å². The average molecular weight is 155 g/mol. The zero-order valence-corrected chi connectivity index (χ0v) is 5.96. The van der Waals surface area contributed by atoms with Gasteiger partial charge in [0.05, 0.1) is 0 Å². The molecular weight excluding hydrogens is 146 g/mol. The first-order chi connectivity index (χ1) is 5.11. The van der Waals surface area contributed by atoms with Crippen LogP contribution in [0.15, 0.2) is 0 Å². The van der Waals surface area contributed by atoms with Crippen molar-refractivity contribution in [3.63, 3.8) is 0 Å². The quantitative estimate of drug-likeness (QED) is 0.513. The van der Waals surface area contributed by atoms with Crippen molar-refractivity contribution in [2.75, 3.05) is 0 Å². The molecule has 3 aliphatic carbocycles. The van der Waals surface area contributed by atoms with Crippen molar-refractivity contribution in [3.8, 4) is 0 Å². The van der Waals surface area contributed by atoms with Gasteiger partial charge in [-0.3, -0.25) is 4.79 Å². The Labute approximate surface area is 63.6 Å². The van der Waals surface area contributed by atoms with Crippen LogP contribution in [-0.4, -0.2) is 22.5 Å². The Kier molecular flexibility index (Phi) is 1.06. The van der Waals surface area contributed by atoms with E-state index >= 15 is 0 Å². The van der Waals surface area contributed by atoms with Gasteiger partial charge in [0.1, 0.15) is 0 Å². The second-order valence-corrected chi connectivity index (χ2v) is 3.52. The topological polar surface area (TPSA) is 66.4 Å². The van der Waals surface area contributed by atoms with Crippen molar-refractivity contribution in [2.45, 2.75) is 24.8 Å². The number of carboxylic acid groups (broad SMARTS) is 1. The maximum Gasteiger partial charge on any atom is 0.394 e. The van der Waals surface area contributed by atoms with Crippen LogP contribution in [0.3, 0.4) is 0 Å². The van der Waals surface area contributed by atoms with Crippen LogP contribution in [0.4, 0.5) is 0 Å². The van der Waals surface area contributed by atoms with Gasteiger partial charge < -0.3 is 10.4 Å². The smallest absolute Gasteiger partial charge is 0.394 e. The molecular formula is C7H9NO3. The number of hydrogen-bond acceptors (Lipinski definition) is 2. The lowest BCUT2D eigenvalue weighted by Crippen LogP contribution is -2.68. The van der Waals surface area contributed by atoms with Gasteiger partial charge in [-0.25, -0.2) is 4.79 Å². The standard InChI is InChI=1S/C7H9NO3/c9-5(6(10)11)8-7-1-4(2-7)3-7/h4H,1-3H2,(H,8,9)(H,10,11). The Hall–Kier alpha value is -1.06. The summed E-state index contributed by atoms with van der Waals surface area (Å²) < 4.78 is 0. The molecule has 60 valence electrons. The Bertz CT molecular complexity index is 219. The molecule has 3 saturated carbocycles. The van der Waals surface area contributed by atoms with E-state index < -0.39 is 11.9 Å². The van der Waals surface area contributed by atoms with Crippen molar-refractivity contribution in [2.24, 2.45) is 5.92 Å². The Morgan fingerprint density at radius 2 is 1.91 bits per heavy atom. The summed E-state index contributed by atoms with van der Waals surface area (Å²) in [5.41, 5.74) is -0.111. The Morgan fingerprint density at radius 1 is 1.36 bits per heavy atom. The summed E-state index contributed by atoms with van der Waals surface area (Å²) in [6, 6.07) is 0. The first kappa shape index (κ1) is 6.64. The number of carbonyl (C=O) groups excluding carboxylic acids is 1. The SMILES string of the molecule is O=C(O)C(=O)NC12CC(C1)C2. The van der Waals surface area contributed by atoms with Crippen LogP contribution in [0.1, 0.15) is 19.3 Å². The number of carbonyl (C=O) groups is 2. The number of hydrogen-bond donors (Lipinski definition) is 2. The van der Waals surface area contributed by atoms with Crippen LogP contribution in [-0.2, 0) is 9.59 Å². The number of rotatable bonds is 1. The van der Waals surface area contributed by atoms with Gasteiger partial charge in [-0.2, -0.15) is 0 Å². The highest BCUT2D eigenvalue weighted by Crippen LogP contribution is 2.56. The number of nitrogens with one attached hydrogen (secondary N) is 1. The molecule has 2 bridgehead atoms. The van der Waals surface area contributed by atoms with E-state index in [2.05, 4.69) is 5.32 Å². The van der Waals surface area contributed by atoms with Gasteiger partial charge in [0.15, 0.2) is 0 Å². The summed E-state index contributed by atoms with van der Waals surface area (Å²) in [4.78, 5) is 20.8. The maximum absolute atomic E-state index is 10.7. The number of aliphatic carboxylic acids is 1. The third-order valence-corrected chi connectivity index (χ3v) is 2.61. The van der Waals surface area contributed by atoms with Crippen LogP contribution in [0.5, 0.6) is 0 Å². The molecule has 0 aromatic rings. The maximum atomic E-state index is 10.7. The predicted molar refractivity (Wildman–Crippen MR) is 35.9 cm³/mol. The second kappa shape index (κ2) is 1.75. The van der Waals surface area contributed by atoms with Crippen LogP contribution < -0.4 is 5.32 Å². The van der Waals surface area contributed by atoms with Gasteiger partial charge in [-0.05, 0) is 25.2 Å². The van der Waals surface area contributed by atoms with Gasteiger partial charge in [-0.1, -0.05) is 0 Å². The van der Waals surface area contributed by atoms with Gasteiger partial charge in [0.2, 0.25) is 0 Å². The van der Waals surface area contributed by atoms with Crippen LogP contribution >= 0.6 is 0 Å². The van der Waals surface area contributed by atoms with Crippen molar-refractivity contribution in [3.05, 3.63) is 0 Å². The van der Waals surface area contributed by atoms with E-state index in [1.165, 1.54) is 0 Å².